The molecule has 0 aromatic heterocycles. The average molecular weight is 310 g/mol. The van der Waals surface area contributed by atoms with Crippen molar-refractivity contribution in [2.45, 2.75) is 41.5 Å². The SMILES string of the molecule is CC(C)(C)C.CC1C=CC2=C(C=C1)C(C)C1C=CC=CC1C2=O. The van der Waals surface area contributed by atoms with Gasteiger partial charge in [-0.1, -0.05) is 90.2 Å². The Morgan fingerprint density at radius 3 is 2.09 bits per heavy atom. The second-order valence-electron chi connectivity index (χ2n) is 8.47. The molecule has 4 atom stereocenters. The number of ketones is 1. The predicted molar refractivity (Wildman–Crippen MR) is 99.0 cm³/mol. The minimum Gasteiger partial charge on any atom is -0.293 e. The minimum absolute atomic E-state index is 0.0372. The Kier molecular flexibility index (Phi) is 5.29. The highest BCUT2D eigenvalue weighted by molar-refractivity contribution is 6.03. The van der Waals surface area contributed by atoms with Crippen LogP contribution >= 0.6 is 0 Å². The molecular formula is C22H30O. The van der Waals surface area contributed by atoms with Crippen molar-refractivity contribution in [2.75, 3.05) is 0 Å². The van der Waals surface area contributed by atoms with Crippen LogP contribution in [0.3, 0.4) is 0 Å². The van der Waals surface area contributed by atoms with Gasteiger partial charge in [0.05, 0.1) is 0 Å². The number of fused-ring (bicyclic) bond motifs is 1. The van der Waals surface area contributed by atoms with E-state index in [-0.39, 0.29) is 11.7 Å². The van der Waals surface area contributed by atoms with Gasteiger partial charge in [0.15, 0.2) is 5.78 Å². The third kappa shape index (κ3) is 4.43. The van der Waals surface area contributed by atoms with Crippen molar-refractivity contribution in [3.8, 4) is 0 Å². The highest BCUT2D eigenvalue weighted by Gasteiger charge is 2.38. The van der Waals surface area contributed by atoms with E-state index in [1.54, 1.807) is 0 Å². The molecule has 0 radical (unpaired) electrons. The molecule has 1 heteroatoms. The molecule has 124 valence electrons. The lowest BCUT2D eigenvalue weighted by Crippen LogP contribution is -2.34. The minimum atomic E-state index is 0.0372. The molecule has 3 rings (SSSR count). The van der Waals surface area contributed by atoms with E-state index in [0.717, 1.165) is 5.57 Å². The zero-order chi connectivity index (χ0) is 17.2. The number of rotatable bonds is 0. The fraction of sp³-hybridized carbons (Fsp3) is 0.500. The molecule has 3 aliphatic rings. The van der Waals surface area contributed by atoms with Gasteiger partial charge >= 0.3 is 0 Å². The first-order chi connectivity index (χ1) is 10.7. The third-order valence-corrected chi connectivity index (χ3v) is 4.27. The second kappa shape index (κ2) is 6.86. The van der Waals surface area contributed by atoms with Crippen LogP contribution in [-0.4, -0.2) is 5.78 Å². The largest absolute Gasteiger partial charge is 0.293 e. The van der Waals surface area contributed by atoms with E-state index in [2.05, 4.69) is 78.0 Å². The highest BCUT2D eigenvalue weighted by Crippen LogP contribution is 2.41. The van der Waals surface area contributed by atoms with Gasteiger partial charge in [-0.3, -0.25) is 4.79 Å². The normalized spacial score (nSPS) is 32.0. The van der Waals surface area contributed by atoms with E-state index in [1.807, 2.05) is 12.2 Å². The number of hydrogen-bond acceptors (Lipinski definition) is 1. The van der Waals surface area contributed by atoms with E-state index in [0.29, 0.717) is 23.2 Å². The van der Waals surface area contributed by atoms with Crippen molar-refractivity contribution in [2.24, 2.45) is 29.1 Å². The molecule has 0 amide bonds. The average Bonchev–Trinajstić information content (AvgIpc) is 2.65. The molecule has 0 bridgehead atoms. The first-order valence-electron chi connectivity index (χ1n) is 8.68. The first-order valence-corrected chi connectivity index (χ1v) is 8.68. The predicted octanol–water partition coefficient (Wildman–Crippen LogP) is 5.67. The number of Topliss-reactive ketones (excluding diaryl/α,β-unsaturated/α-hetero) is 1. The van der Waals surface area contributed by atoms with Gasteiger partial charge in [0.2, 0.25) is 0 Å². The molecule has 0 heterocycles. The first kappa shape index (κ1) is 17.7. The molecule has 0 N–H and O–H groups in total. The topological polar surface area (TPSA) is 17.1 Å². The summed E-state index contributed by atoms with van der Waals surface area (Å²) in [5.74, 6) is 1.46. The lowest BCUT2D eigenvalue weighted by molar-refractivity contribution is -0.119. The van der Waals surface area contributed by atoms with Crippen LogP contribution in [0.25, 0.3) is 0 Å². The molecular weight excluding hydrogens is 280 g/mol. The van der Waals surface area contributed by atoms with Gasteiger partial charge in [-0.25, -0.2) is 0 Å². The Hall–Kier alpha value is -1.63. The number of hydrogen-bond donors (Lipinski definition) is 0. The van der Waals surface area contributed by atoms with E-state index in [4.69, 9.17) is 0 Å². The van der Waals surface area contributed by atoms with E-state index in [9.17, 15) is 4.79 Å². The monoisotopic (exact) mass is 310 g/mol. The summed E-state index contributed by atoms with van der Waals surface area (Å²) in [4.78, 5) is 12.6. The van der Waals surface area contributed by atoms with Crippen molar-refractivity contribution < 1.29 is 4.79 Å². The Morgan fingerprint density at radius 1 is 0.870 bits per heavy atom. The van der Waals surface area contributed by atoms with Crippen LogP contribution in [0.2, 0.25) is 0 Å². The van der Waals surface area contributed by atoms with Crippen LogP contribution in [0.15, 0.2) is 59.8 Å². The summed E-state index contributed by atoms with van der Waals surface area (Å²) < 4.78 is 0. The Bertz CT molecular complexity index is 598. The zero-order valence-corrected chi connectivity index (χ0v) is 15.3. The van der Waals surface area contributed by atoms with Gasteiger partial charge in [0, 0.05) is 11.5 Å². The maximum atomic E-state index is 12.6. The van der Waals surface area contributed by atoms with Crippen molar-refractivity contribution in [3.63, 3.8) is 0 Å². The second-order valence-corrected chi connectivity index (χ2v) is 8.47. The molecule has 0 saturated carbocycles. The van der Waals surface area contributed by atoms with Crippen LogP contribution < -0.4 is 0 Å². The van der Waals surface area contributed by atoms with Crippen LogP contribution in [0, 0.1) is 29.1 Å². The van der Waals surface area contributed by atoms with Crippen LogP contribution in [-0.2, 0) is 4.79 Å². The summed E-state index contributed by atoms with van der Waals surface area (Å²) in [5.41, 5.74) is 2.63. The summed E-state index contributed by atoms with van der Waals surface area (Å²) in [7, 11) is 0. The lowest BCUT2D eigenvalue weighted by atomic mass is 9.67. The quantitative estimate of drug-likeness (QED) is 0.563. The standard InChI is InChI=1S/C17H18O.C5H12/c1-11-7-9-14-12(2)13-5-3-4-6-15(13)17(18)16(14)10-8-11;1-5(2,3)4/h3-13,15H,1-2H3;1-4H3. The molecule has 0 aliphatic heterocycles. The molecule has 0 fully saturated rings. The van der Waals surface area contributed by atoms with Gasteiger partial charge in [0.1, 0.15) is 0 Å². The fourth-order valence-corrected chi connectivity index (χ4v) is 3.13. The number of allylic oxidation sites excluding steroid dienone is 10. The Labute approximate surface area is 141 Å². The molecule has 1 nitrogen and oxygen atoms in total. The number of carbonyl (C=O) groups excluding carboxylic acids is 1. The summed E-state index contributed by atoms with van der Waals surface area (Å²) in [6.45, 7) is 13.1. The van der Waals surface area contributed by atoms with Gasteiger partial charge in [0.25, 0.3) is 0 Å². The molecule has 0 aromatic rings. The molecule has 4 unspecified atom stereocenters. The zero-order valence-electron chi connectivity index (χ0n) is 15.3. The summed E-state index contributed by atoms with van der Waals surface area (Å²) in [6, 6.07) is 0. The van der Waals surface area contributed by atoms with Crippen molar-refractivity contribution in [1.82, 2.24) is 0 Å². The molecule has 3 aliphatic carbocycles. The summed E-state index contributed by atoms with van der Waals surface area (Å²) in [5, 5.41) is 0. The summed E-state index contributed by atoms with van der Waals surface area (Å²) in [6.07, 6.45) is 16.8. The Morgan fingerprint density at radius 2 is 1.43 bits per heavy atom. The van der Waals surface area contributed by atoms with E-state index in [1.165, 1.54) is 5.57 Å². The maximum absolute atomic E-state index is 12.6. The van der Waals surface area contributed by atoms with Crippen LogP contribution in [0.4, 0.5) is 0 Å². The van der Waals surface area contributed by atoms with E-state index >= 15 is 0 Å². The molecule has 0 saturated heterocycles. The van der Waals surface area contributed by atoms with E-state index < -0.39 is 0 Å². The number of carbonyl (C=O) groups is 1. The van der Waals surface area contributed by atoms with Gasteiger partial charge in [-0.15, -0.1) is 0 Å². The van der Waals surface area contributed by atoms with Crippen LogP contribution in [0.1, 0.15) is 41.5 Å². The Balaban J connectivity index is 0.000000338. The smallest absolute Gasteiger partial charge is 0.170 e. The van der Waals surface area contributed by atoms with Gasteiger partial charge < -0.3 is 0 Å². The van der Waals surface area contributed by atoms with Gasteiger partial charge in [-0.2, -0.15) is 0 Å². The van der Waals surface area contributed by atoms with Gasteiger partial charge in [-0.05, 0) is 28.7 Å². The highest BCUT2D eigenvalue weighted by atomic mass is 16.1. The third-order valence-electron chi connectivity index (χ3n) is 4.27. The van der Waals surface area contributed by atoms with Crippen molar-refractivity contribution in [1.29, 1.82) is 0 Å². The summed E-state index contributed by atoms with van der Waals surface area (Å²) >= 11 is 0. The molecule has 23 heavy (non-hydrogen) atoms. The maximum Gasteiger partial charge on any atom is 0.170 e. The van der Waals surface area contributed by atoms with Crippen LogP contribution in [0.5, 0.6) is 0 Å². The molecule has 0 aromatic carbocycles. The lowest BCUT2D eigenvalue weighted by Gasteiger charge is -2.35. The molecule has 0 spiro atoms. The van der Waals surface area contributed by atoms with Crippen molar-refractivity contribution in [3.05, 3.63) is 59.8 Å². The van der Waals surface area contributed by atoms with Crippen molar-refractivity contribution >= 4 is 5.78 Å². The fourth-order valence-electron chi connectivity index (χ4n) is 3.13.